The molecule has 0 aliphatic heterocycles. The number of carbonyl (C=O) groups is 1. The Balaban J connectivity index is 2.61. The van der Waals surface area contributed by atoms with E-state index in [1.54, 1.807) is 0 Å². The number of alkyl halides is 3. The minimum atomic E-state index is -4.88. The lowest BCUT2D eigenvalue weighted by Gasteiger charge is -2.09. The van der Waals surface area contributed by atoms with Crippen LogP contribution in [0.4, 0.5) is 13.2 Å². The van der Waals surface area contributed by atoms with Crippen LogP contribution in [0.5, 0.6) is 0 Å². The summed E-state index contributed by atoms with van der Waals surface area (Å²) < 4.78 is 36.7. The second-order valence-corrected chi connectivity index (χ2v) is 3.23. The number of rotatable bonds is 2. The molecule has 0 aliphatic carbocycles. The normalized spacial score (nSPS) is 11.7. The van der Waals surface area contributed by atoms with Gasteiger partial charge in [-0.15, -0.1) is 13.2 Å². The summed E-state index contributed by atoms with van der Waals surface area (Å²) in [5, 5.41) is 9.03. The zero-order valence-corrected chi connectivity index (χ0v) is 8.23. The SMILES string of the molecule is O=C(O)c1cn(OC(F)(F)F)c2ccccc12. The maximum absolute atomic E-state index is 12.1. The smallest absolute Gasteiger partial charge is 0.478 e. The Morgan fingerprint density at radius 3 is 2.53 bits per heavy atom. The summed E-state index contributed by atoms with van der Waals surface area (Å²) in [7, 11) is 0. The lowest BCUT2D eigenvalue weighted by molar-refractivity contribution is -0.321. The number of hydrogen-bond acceptors (Lipinski definition) is 2. The van der Waals surface area contributed by atoms with Gasteiger partial charge in [0.2, 0.25) is 0 Å². The van der Waals surface area contributed by atoms with E-state index in [0.29, 0.717) is 4.73 Å². The molecular formula is C10H6F3NO3. The summed E-state index contributed by atoms with van der Waals surface area (Å²) in [6, 6.07) is 5.78. The fourth-order valence-corrected chi connectivity index (χ4v) is 1.51. The van der Waals surface area contributed by atoms with Gasteiger partial charge in [-0.3, -0.25) is 0 Å². The van der Waals surface area contributed by atoms with Gasteiger partial charge in [0.05, 0.1) is 17.3 Å². The van der Waals surface area contributed by atoms with Gasteiger partial charge in [-0.05, 0) is 6.07 Å². The maximum Gasteiger partial charge on any atom is 0.591 e. The Labute approximate surface area is 92.8 Å². The molecule has 0 saturated carbocycles. The number of carboxylic acids is 1. The molecule has 2 rings (SSSR count). The van der Waals surface area contributed by atoms with Gasteiger partial charge >= 0.3 is 12.3 Å². The van der Waals surface area contributed by atoms with Crippen molar-refractivity contribution in [2.24, 2.45) is 0 Å². The van der Waals surface area contributed by atoms with E-state index in [1.807, 2.05) is 0 Å². The van der Waals surface area contributed by atoms with E-state index in [2.05, 4.69) is 4.84 Å². The first kappa shape index (κ1) is 11.3. The molecule has 17 heavy (non-hydrogen) atoms. The molecule has 1 N–H and O–H groups in total. The van der Waals surface area contributed by atoms with Crippen molar-refractivity contribution in [2.75, 3.05) is 0 Å². The third kappa shape index (κ3) is 2.17. The van der Waals surface area contributed by atoms with Crippen molar-refractivity contribution in [3.8, 4) is 0 Å². The monoisotopic (exact) mass is 245 g/mol. The first-order valence-corrected chi connectivity index (χ1v) is 4.48. The van der Waals surface area contributed by atoms with Crippen LogP contribution in [0.2, 0.25) is 0 Å². The van der Waals surface area contributed by atoms with Gasteiger partial charge < -0.3 is 9.94 Å². The number of nitrogens with zero attached hydrogens (tertiary/aromatic N) is 1. The highest BCUT2D eigenvalue weighted by Gasteiger charge is 2.33. The van der Waals surface area contributed by atoms with Crippen LogP contribution in [0.1, 0.15) is 10.4 Å². The summed E-state index contributed by atoms with van der Waals surface area (Å²) >= 11 is 0. The van der Waals surface area contributed by atoms with Gasteiger partial charge in [-0.2, -0.15) is 4.73 Å². The van der Waals surface area contributed by atoms with Crippen LogP contribution in [-0.2, 0) is 0 Å². The molecule has 0 radical (unpaired) electrons. The Bertz CT molecular complexity index is 574. The lowest BCUT2D eigenvalue weighted by Crippen LogP contribution is -2.26. The van der Waals surface area contributed by atoms with Gasteiger partial charge in [-0.1, -0.05) is 18.2 Å². The third-order valence-corrected chi connectivity index (χ3v) is 2.11. The predicted molar refractivity (Wildman–Crippen MR) is 51.5 cm³/mol. The van der Waals surface area contributed by atoms with Crippen molar-refractivity contribution in [3.63, 3.8) is 0 Å². The van der Waals surface area contributed by atoms with Crippen molar-refractivity contribution < 1.29 is 27.9 Å². The highest BCUT2D eigenvalue weighted by molar-refractivity contribution is 6.03. The van der Waals surface area contributed by atoms with Crippen molar-refractivity contribution in [2.45, 2.75) is 6.36 Å². The largest absolute Gasteiger partial charge is 0.591 e. The van der Waals surface area contributed by atoms with E-state index in [1.165, 1.54) is 24.3 Å². The van der Waals surface area contributed by atoms with Gasteiger partial charge in [0, 0.05) is 5.39 Å². The molecule has 1 aromatic heterocycles. The van der Waals surface area contributed by atoms with Crippen LogP contribution in [-0.4, -0.2) is 22.2 Å². The molecule has 0 aliphatic rings. The van der Waals surface area contributed by atoms with Crippen molar-refractivity contribution >= 4 is 16.9 Å². The average molecular weight is 245 g/mol. The van der Waals surface area contributed by atoms with Crippen molar-refractivity contribution in [3.05, 3.63) is 36.0 Å². The first-order chi connectivity index (χ1) is 7.88. The van der Waals surface area contributed by atoms with E-state index in [-0.39, 0.29) is 16.5 Å². The second kappa shape index (κ2) is 3.69. The Morgan fingerprint density at radius 1 is 1.29 bits per heavy atom. The summed E-state index contributed by atoms with van der Waals surface area (Å²) in [5.74, 6) is -1.31. The van der Waals surface area contributed by atoms with Crippen LogP contribution < -0.4 is 4.84 Å². The molecule has 0 spiro atoms. The Kier molecular flexibility index (Phi) is 2.45. The summed E-state index contributed by atoms with van der Waals surface area (Å²) in [4.78, 5) is 14.5. The second-order valence-electron chi connectivity index (χ2n) is 3.23. The Morgan fingerprint density at radius 2 is 1.94 bits per heavy atom. The van der Waals surface area contributed by atoms with Gasteiger partial charge in [0.15, 0.2) is 0 Å². The van der Waals surface area contributed by atoms with Crippen LogP contribution in [0.15, 0.2) is 30.5 Å². The molecule has 1 heterocycles. The molecule has 0 unspecified atom stereocenters. The lowest BCUT2D eigenvalue weighted by atomic mass is 10.2. The van der Waals surface area contributed by atoms with E-state index in [4.69, 9.17) is 5.11 Å². The van der Waals surface area contributed by atoms with E-state index in [9.17, 15) is 18.0 Å². The quantitative estimate of drug-likeness (QED) is 0.883. The highest BCUT2D eigenvalue weighted by atomic mass is 19.4. The van der Waals surface area contributed by atoms with E-state index < -0.39 is 12.3 Å². The fraction of sp³-hybridized carbons (Fsp3) is 0.100. The topological polar surface area (TPSA) is 51.5 Å². The fourth-order valence-electron chi connectivity index (χ4n) is 1.51. The number of aromatic carboxylic acids is 1. The average Bonchev–Trinajstić information content (AvgIpc) is 2.55. The first-order valence-electron chi connectivity index (χ1n) is 4.48. The standard InChI is InChI=1S/C10H6F3NO3/c11-10(12,13)17-14-5-7(9(15)16)6-3-1-2-4-8(6)14/h1-5H,(H,15,16). The number of halogens is 3. The van der Waals surface area contributed by atoms with Crippen molar-refractivity contribution in [1.82, 2.24) is 4.73 Å². The summed E-state index contributed by atoms with van der Waals surface area (Å²) in [5.41, 5.74) is -0.202. The molecular weight excluding hydrogens is 239 g/mol. The molecule has 2 aromatic rings. The van der Waals surface area contributed by atoms with Gasteiger partial charge in [0.1, 0.15) is 0 Å². The predicted octanol–water partition coefficient (Wildman–Crippen LogP) is 2.29. The molecule has 1 aromatic carbocycles. The zero-order chi connectivity index (χ0) is 12.6. The molecule has 4 nitrogen and oxygen atoms in total. The number of fused-ring (bicyclic) bond motifs is 1. The van der Waals surface area contributed by atoms with Crippen LogP contribution in [0.3, 0.4) is 0 Å². The maximum atomic E-state index is 12.1. The van der Waals surface area contributed by atoms with Gasteiger partial charge in [0.25, 0.3) is 0 Å². The molecule has 0 bridgehead atoms. The van der Waals surface area contributed by atoms with Crippen LogP contribution >= 0.6 is 0 Å². The van der Waals surface area contributed by atoms with Gasteiger partial charge in [-0.25, -0.2) is 4.79 Å². The minimum absolute atomic E-state index is 0.0437. The number of hydrogen-bond donors (Lipinski definition) is 1. The van der Waals surface area contributed by atoms with E-state index >= 15 is 0 Å². The van der Waals surface area contributed by atoms with Crippen LogP contribution in [0.25, 0.3) is 10.9 Å². The minimum Gasteiger partial charge on any atom is -0.478 e. The molecule has 0 amide bonds. The number of carboxylic acid groups (broad SMARTS) is 1. The van der Waals surface area contributed by atoms with Crippen molar-refractivity contribution in [1.29, 1.82) is 0 Å². The molecule has 0 atom stereocenters. The number of aromatic nitrogens is 1. The van der Waals surface area contributed by atoms with Crippen LogP contribution in [0, 0.1) is 0 Å². The molecule has 90 valence electrons. The summed E-state index contributed by atoms with van der Waals surface area (Å²) in [6.45, 7) is 0. The number of para-hydroxylation sites is 1. The number of benzene rings is 1. The molecule has 0 fully saturated rings. The highest BCUT2D eigenvalue weighted by Crippen LogP contribution is 2.23. The zero-order valence-electron chi connectivity index (χ0n) is 8.23. The summed E-state index contributed by atoms with van der Waals surface area (Å²) in [6.07, 6.45) is -4.09. The molecule has 7 heteroatoms. The van der Waals surface area contributed by atoms with E-state index in [0.717, 1.165) is 6.20 Å². The third-order valence-electron chi connectivity index (χ3n) is 2.11. The molecule has 0 saturated heterocycles. The Hall–Kier alpha value is -2.18.